The lowest BCUT2D eigenvalue weighted by atomic mass is 9.85. The molecule has 0 saturated heterocycles. The number of nitro benzene ring substituents is 1. The quantitative estimate of drug-likeness (QED) is 0.353. The van der Waals surface area contributed by atoms with Gasteiger partial charge in [-0.05, 0) is 34.9 Å². The number of carboxylic acid groups (broad SMARTS) is 1. The van der Waals surface area contributed by atoms with Crippen LogP contribution in [0.2, 0.25) is 0 Å². The smallest absolute Gasteiger partial charge is 0.336 e. The molecule has 0 bridgehead atoms. The fourth-order valence-electron chi connectivity index (χ4n) is 4.22. The van der Waals surface area contributed by atoms with Crippen LogP contribution in [0.25, 0.3) is 22.6 Å². The zero-order chi connectivity index (χ0) is 23.3. The van der Waals surface area contributed by atoms with Crippen LogP contribution in [0.3, 0.4) is 0 Å². The molecule has 8 heteroatoms. The summed E-state index contributed by atoms with van der Waals surface area (Å²) in [4.78, 5) is 36.2. The lowest BCUT2D eigenvalue weighted by molar-refractivity contribution is -0.384. The van der Waals surface area contributed by atoms with Gasteiger partial charge in [0.15, 0.2) is 5.43 Å². The molecule has 1 aliphatic carbocycles. The number of carbonyl (C=O) groups is 1. The first-order chi connectivity index (χ1) is 15.8. The summed E-state index contributed by atoms with van der Waals surface area (Å²) in [5, 5.41) is 31.1. The summed E-state index contributed by atoms with van der Waals surface area (Å²) in [5.74, 6) is -1.82. The molecule has 3 aromatic carbocycles. The number of hydrogen-bond acceptors (Lipinski definition) is 6. The summed E-state index contributed by atoms with van der Waals surface area (Å²) < 4.78 is 6.12. The summed E-state index contributed by atoms with van der Waals surface area (Å²) in [6.07, 6.45) is 1.31. The molecule has 0 fully saturated rings. The molecule has 162 valence electrons. The van der Waals surface area contributed by atoms with Crippen molar-refractivity contribution in [2.45, 2.75) is 5.92 Å². The molecule has 4 aromatic rings. The average molecular weight is 441 g/mol. The minimum Gasteiger partial charge on any atom is -0.508 e. The van der Waals surface area contributed by atoms with Gasteiger partial charge in [0.2, 0.25) is 0 Å². The van der Waals surface area contributed by atoms with Crippen LogP contribution in [-0.2, 0) is 4.79 Å². The number of aliphatic carboxylic acids is 1. The molecule has 8 nitrogen and oxygen atoms in total. The second kappa shape index (κ2) is 7.45. The monoisotopic (exact) mass is 441 g/mol. The van der Waals surface area contributed by atoms with Crippen molar-refractivity contribution < 1.29 is 24.3 Å². The Morgan fingerprint density at radius 3 is 2.45 bits per heavy atom. The fraction of sp³-hybridized carbons (Fsp3) is 0.0400. The molecular formula is C25H15NO7. The first-order valence-corrected chi connectivity index (χ1v) is 9.93. The van der Waals surface area contributed by atoms with Gasteiger partial charge in [0.25, 0.3) is 5.69 Å². The van der Waals surface area contributed by atoms with Crippen molar-refractivity contribution in [3.63, 3.8) is 0 Å². The Balaban J connectivity index is 1.90. The average Bonchev–Trinajstić information content (AvgIpc) is 2.94. The van der Waals surface area contributed by atoms with E-state index in [1.54, 1.807) is 36.4 Å². The molecule has 0 radical (unpaired) electrons. The van der Waals surface area contributed by atoms with E-state index in [9.17, 15) is 29.9 Å². The van der Waals surface area contributed by atoms with Gasteiger partial charge in [-0.3, -0.25) is 14.9 Å². The predicted octanol–water partition coefficient (Wildman–Crippen LogP) is 4.53. The zero-order valence-electron chi connectivity index (χ0n) is 16.9. The Bertz CT molecular complexity index is 1550. The molecule has 2 N–H and O–H groups in total. The van der Waals surface area contributed by atoms with Crippen LogP contribution >= 0.6 is 0 Å². The van der Waals surface area contributed by atoms with Gasteiger partial charge in [0.05, 0.1) is 27.4 Å². The summed E-state index contributed by atoms with van der Waals surface area (Å²) in [7, 11) is 0. The number of phenols is 1. The molecule has 1 aliphatic rings. The molecule has 0 amide bonds. The molecule has 1 unspecified atom stereocenters. The minimum absolute atomic E-state index is 0.0679. The van der Waals surface area contributed by atoms with Gasteiger partial charge in [0.1, 0.15) is 17.1 Å². The molecule has 1 aromatic heterocycles. The lowest BCUT2D eigenvalue weighted by Crippen LogP contribution is -2.13. The van der Waals surface area contributed by atoms with E-state index in [0.717, 1.165) is 0 Å². The van der Waals surface area contributed by atoms with Crippen molar-refractivity contribution in [3.8, 4) is 5.75 Å². The van der Waals surface area contributed by atoms with Gasteiger partial charge in [-0.15, -0.1) is 0 Å². The second-order valence-electron chi connectivity index (χ2n) is 7.62. The number of hydrogen-bond donors (Lipinski definition) is 2. The first kappa shape index (κ1) is 20.2. The minimum atomic E-state index is -1.21. The van der Waals surface area contributed by atoms with Gasteiger partial charge in [-0.2, -0.15) is 0 Å². The van der Waals surface area contributed by atoms with E-state index in [4.69, 9.17) is 4.42 Å². The SMILES string of the molecule is O=C(O)C1=Cc2c(oc3cc(O)ccc3c2=O)C(c2ccc([N+](=O)[O-])cc2)c2ccccc21. The van der Waals surface area contributed by atoms with Crippen molar-refractivity contribution >= 4 is 34.3 Å². The Labute approximate surface area is 185 Å². The topological polar surface area (TPSA) is 131 Å². The Morgan fingerprint density at radius 1 is 1.03 bits per heavy atom. The Kier molecular flexibility index (Phi) is 4.56. The van der Waals surface area contributed by atoms with Crippen molar-refractivity contribution in [2.24, 2.45) is 0 Å². The van der Waals surface area contributed by atoms with Crippen LogP contribution in [0.15, 0.2) is 75.9 Å². The number of fused-ring (bicyclic) bond motifs is 3. The van der Waals surface area contributed by atoms with Crippen LogP contribution < -0.4 is 5.43 Å². The van der Waals surface area contributed by atoms with E-state index in [2.05, 4.69) is 0 Å². The maximum atomic E-state index is 13.4. The molecule has 0 saturated carbocycles. The number of non-ortho nitro benzene ring substituents is 1. The summed E-state index contributed by atoms with van der Waals surface area (Å²) >= 11 is 0. The van der Waals surface area contributed by atoms with E-state index < -0.39 is 22.2 Å². The highest BCUT2D eigenvalue weighted by Gasteiger charge is 2.32. The van der Waals surface area contributed by atoms with E-state index in [1.807, 2.05) is 0 Å². The highest BCUT2D eigenvalue weighted by Crippen LogP contribution is 2.42. The van der Waals surface area contributed by atoms with E-state index in [1.165, 1.54) is 36.4 Å². The van der Waals surface area contributed by atoms with Crippen LogP contribution in [0, 0.1) is 10.1 Å². The van der Waals surface area contributed by atoms with Crippen LogP contribution in [0.4, 0.5) is 5.69 Å². The fourth-order valence-corrected chi connectivity index (χ4v) is 4.22. The van der Waals surface area contributed by atoms with Crippen molar-refractivity contribution in [3.05, 3.63) is 115 Å². The predicted molar refractivity (Wildman–Crippen MR) is 120 cm³/mol. The van der Waals surface area contributed by atoms with E-state index >= 15 is 0 Å². The first-order valence-electron chi connectivity index (χ1n) is 9.93. The normalized spacial score (nSPS) is 14.7. The van der Waals surface area contributed by atoms with Gasteiger partial charge in [-0.25, -0.2) is 4.79 Å². The number of nitrogens with zero attached hydrogens (tertiary/aromatic N) is 1. The molecule has 0 spiro atoms. The second-order valence-corrected chi connectivity index (χ2v) is 7.62. The Morgan fingerprint density at radius 2 is 1.76 bits per heavy atom. The van der Waals surface area contributed by atoms with E-state index in [-0.39, 0.29) is 39.3 Å². The van der Waals surface area contributed by atoms with Crippen molar-refractivity contribution in [1.29, 1.82) is 0 Å². The Hall–Kier alpha value is -4.72. The molecule has 1 heterocycles. The number of nitro groups is 1. The molecular weight excluding hydrogens is 426 g/mol. The molecule has 1 atom stereocenters. The summed E-state index contributed by atoms with van der Waals surface area (Å²) in [5.41, 5.74) is 1.17. The van der Waals surface area contributed by atoms with Crippen LogP contribution in [0.1, 0.15) is 33.9 Å². The van der Waals surface area contributed by atoms with Crippen LogP contribution in [-0.4, -0.2) is 21.1 Å². The van der Waals surface area contributed by atoms with Crippen molar-refractivity contribution in [2.75, 3.05) is 0 Å². The van der Waals surface area contributed by atoms with Gasteiger partial charge >= 0.3 is 5.97 Å². The number of benzene rings is 3. The molecule has 5 rings (SSSR count). The molecule has 0 aliphatic heterocycles. The van der Waals surface area contributed by atoms with Gasteiger partial charge in [-0.1, -0.05) is 36.4 Å². The van der Waals surface area contributed by atoms with Gasteiger partial charge < -0.3 is 14.6 Å². The largest absolute Gasteiger partial charge is 0.508 e. The summed E-state index contributed by atoms with van der Waals surface area (Å²) in [6, 6.07) is 16.7. The zero-order valence-corrected chi connectivity index (χ0v) is 16.9. The number of aromatic hydroxyl groups is 1. The van der Waals surface area contributed by atoms with E-state index in [0.29, 0.717) is 16.7 Å². The standard InChI is InChI=1S/C25H15NO7/c27-15-9-10-18-21(11-15)33-24-20(23(18)28)12-19(25(29)30)16-3-1-2-4-17(16)22(24)13-5-7-14(8-6-13)26(31)32/h1-12,22,27H,(H,29,30). The maximum Gasteiger partial charge on any atom is 0.336 e. The maximum absolute atomic E-state index is 13.4. The third-order valence-electron chi connectivity index (χ3n) is 5.72. The number of rotatable bonds is 3. The molecule has 33 heavy (non-hydrogen) atoms. The third-order valence-corrected chi connectivity index (χ3v) is 5.72. The highest BCUT2D eigenvalue weighted by atomic mass is 16.6. The number of phenolic OH excluding ortho intramolecular Hbond substituents is 1. The van der Waals surface area contributed by atoms with Crippen molar-refractivity contribution in [1.82, 2.24) is 0 Å². The number of carboxylic acids is 1. The highest BCUT2D eigenvalue weighted by molar-refractivity contribution is 6.21. The third kappa shape index (κ3) is 3.25. The van der Waals surface area contributed by atoms with Crippen LogP contribution in [0.5, 0.6) is 5.75 Å². The van der Waals surface area contributed by atoms with Gasteiger partial charge in [0, 0.05) is 18.2 Å². The summed E-state index contributed by atoms with van der Waals surface area (Å²) in [6.45, 7) is 0. The lowest BCUT2D eigenvalue weighted by Gasteiger charge is -2.20.